The average molecular weight is 451 g/mol. The van der Waals surface area contributed by atoms with Gasteiger partial charge in [-0.05, 0) is 61.4 Å². The van der Waals surface area contributed by atoms with E-state index in [9.17, 15) is 4.79 Å². The molecule has 168 valence electrons. The highest BCUT2D eigenvalue weighted by Crippen LogP contribution is 2.27. The fraction of sp³-hybridized carbons (Fsp3) is 0.423. The second-order valence-corrected chi connectivity index (χ2v) is 9.32. The Morgan fingerprint density at radius 3 is 2.44 bits per heavy atom. The van der Waals surface area contributed by atoms with Gasteiger partial charge in [-0.3, -0.25) is 0 Å². The number of piperazine rings is 1. The third-order valence-corrected chi connectivity index (χ3v) is 7.13. The maximum atomic E-state index is 12.9. The van der Waals surface area contributed by atoms with Crippen LogP contribution in [0.25, 0.3) is 17.8 Å². The van der Waals surface area contributed by atoms with Gasteiger partial charge in [0.1, 0.15) is 0 Å². The molecule has 6 heteroatoms. The Balaban J connectivity index is 1.42. The highest BCUT2D eigenvalue weighted by Gasteiger charge is 2.28. The van der Waals surface area contributed by atoms with Crippen molar-refractivity contribution in [3.05, 3.63) is 63.8 Å². The Bertz CT molecular complexity index is 1100. The number of urea groups is 1. The molecule has 2 saturated heterocycles. The van der Waals surface area contributed by atoms with Gasteiger partial charge in [0, 0.05) is 66.7 Å². The number of hydrogen-bond acceptors (Lipinski definition) is 2. The molecule has 0 saturated carbocycles. The van der Waals surface area contributed by atoms with Crippen LogP contribution in [-0.2, 0) is 0 Å². The van der Waals surface area contributed by atoms with Crippen molar-refractivity contribution in [3.63, 3.8) is 0 Å². The normalized spacial score (nSPS) is 19.5. The molecule has 1 N–H and O–H groups in total. The minimum absolute atomic E-state index is 0.210. The first-order chi connectivity index (χ1) is 15.7. The number of rotatable bonds is 2. The Kier molecular flexibility index (Phi) is 6.37. The van der Waals surface area contributed by atoms with Gasteiger partial charge in [0.15, 0.2) is 0 Å². The third kappa shape index (κ3) is 4.37. The van der Waals surface area contributed by atoms with Gasteiger partial charge >= 0.3 is 6.03 Å². The van der Waals surface area contributed by atoms with Crippen LogP contribution in [0.5, 0.6) is 0 Å². The number of likely N-dealkylation sites (tertiary alicyclic amines) is 1. The number of aromatic nitrogens is 1. The Labute approximate surface area is 194 Å². The Morgan fingerprint density at radius 2 is 1.69 bits per heavy atom. The van der Waals surface area contributed by atoms with Crippen molar-refractivity contribution >= 4 is 29.8 Å². The summed E-state index contributed by atoms with van der Waals surface area (Å²) in [5.41, 5.74) is 2.53. The highest BCUT2D eigenvalue weighted by atomic mass is 35.5. The zero-order chi connectivity index (χ0) is 21.9. The summed E-state index contributed by atoms with van der Waals surface area (Å²) < 4.78 is 2.31. The van der Waals surface area contributed by atoms with Crippen LogP contribution in [0.1, 0.15) is 37.2 Å². The lowest BCUT2D eigenvalue weighted by molar-refractivity contribution is 0.134. The summed E-state index contributed by atoms with van der Waals surface area (Å²) in [5.74, 6) is 0.460. The molecule has 3 heterocycles. The van der Waals surface area contributed by atoms with Crippen molar-refractivity contribution in [2.24, 2.45) is 0 Å². The first-order valence-electron chi connectivity index (χ1n) is 11.8. The number of piperidine rings is 1. The van der Waals surface area contributed by atoms with E-state index in [0.29, 0.717) is 5.92 Å². The van der Waals surface area contributed by atoms with Gasteiger partial charge in [-0.2, -0.15) is 0 Å². The molecule has 2 fully saturated rings. The molecule has 1 aliphatic carbocycles. The quantitative estimate of drug-likeness (QED) is 0.763. The molecular weight excluding hydrogens is 420 g/mol. The first-order valence-corrected chi connectivity index (χ1v) is 12.2. The molecule has 5 rings (SSSR count). The van der Waals surface area contributed by atoms with Crippen molar-refractivity contribution in [3.8, 4) is 5.69 Å². The summed E-state index contributed by atoms with van der Waals surface area (Å²) in [6, 6.07) is 8.29. The molecule has 3 aliphatic rings. The van der Waals surface area contributed by atoms with E-state index in [0.717, 1.165) is 75.7 Å². The minimum Gasteiger partial charge on any atom is -0.325 e. The predicted octanol–water partition coefficient (Wildman–Crippen LogP) is 3.25. The van der Waals surface area contributed by atoms with Gasteiger partial charge in [-0.1, -0.05) is 35.9 Å². The molecule has 0 atom stereocenters. The zero-order valence-corrected chi connectivity index (χ0v) is 19.2. The molecule has 2 amide bonds. The SMILES string of the molecule is O=C(N1CCNCC1)N1CCC(c2cn(-c3ccc(Cl)cc3)c3c2=CC=CCCC=3)CC1. The van der Waals surface area contributed by atoms with Gasteiger partial charge in [0.25, 0.3) is 0 Å². The second kappa shape index (κ2) is 9.55. The number of benzene rings is 1. The summed E-state index contributed by atoms with van der Waals surface area (Å²) in [6.07, 6.45) is 15.5. The van der Waals surface area contributed by atoms with E-state index in [-0.39, 0.29) is 6.03 Å². The first kappa shape index (κ1) is 21.4. The minimum atomic E-state index is 0.210. The van der Waals surface area contributed by atoms with Crippen LogP contribution in [0.2, 0.25) is 5.02 Å². The predicted molar refractivity (Wildman–Crippen MR) is 131 cm³/mol. The van der Waals surface area contributed by atoms with E-state index in [2.05, 4.69) is 57.4 Å². The van der Waals surface area contributed by atoms with Crippen LogP contribution in [0.15, 0.2) is 42.6 Å². The van der Waals surface area contributed by atoms with E-state index in [1.807, 2.05) is 17.0 Å². The molecule has 32 heavy (non-hydrogen) atoms. The van der Waals surface area contributed by atoms with Gasteiger partial charge in [-0.15, -0.1) is 0 Å². The summed E-state index contributed by atoms with van der Waals surface area (Å²) in [5, 5.41) is 6.67. The van der Waals surface area contributed by atoms with Crippen molar-refractivity contribution in [2.75, 3.05) is 39.3 Å². The molecule has 2 aromatic rings. The van der Waals surface area contributed by atoms with Gasteiger partial charge in [-0.25, -0.2) is 4.79 Å². The van der Waals surface area contributed by atoms with Crippen LogP contribution in [0.3, 0.4) is 0 Å². The number of hydrogen-bond donors (Lipinski definition) is 1. The molecule has 1 aromatic heterocycles. The van der Waals surface area contributed by atoms with E-state index in [1.165, 1.54) is 16.1 Å². The number of amides is 2. The van der Waals surface area contributed by atoms with Crippen LogP contribution >= 0.6 is 11.6 Å². The Morgan fingerprint density at radius 1 is 0.969 bits per heavy atom. The highest BCUT2D eigenvalue weighted by molar-refractivity contribution is 6.30. The number of halogens is 1. The third-order valence-electron chi connectivity index (χ3n) is 6.88. The zero-order valence-electron chi connectivity index (χ0n) is 18.5. The second-order valence-electron chi connectivity index (χ2n) is 8.89. The lowest BCUT2D eigenvalue weighted by Crippen LogP contribution is -2.53. The lowest BCUT2D eigenvalue weighted by atomic mass is 9.90. The van der Waals surface area contributed by atoms with Crippen LogP contribution in [0, 0.1) is 0 Å². The summed E-state index contributed by atoms with van der Waals surface area (Å²) in [4.78, 5) is 17.0. The fourth-order valence-corrected chi connectivity index (χ4v) is 5.23. The van der Waals surface area contributed by atoms with Crippen molar-refractivity contribution < 1.29 is 4.79 Å². The smallest absolute Gasteiger partial charge is 0.320 e. The molecule has 2 aliphatic heterocycles. The summed E-state index contributed by atoms with van der Waals surface area (Å²) in [7, 11) is 0. The topological polar surface area (TPSA) is 40.5 Å². The molecule has 5 nitrogen and oxygen atoms in total. The number of fused-ring (bicyclic) bond motifs is 1. The summed E-state index contributed by atoms with van der Waals surface area (Å²) in [6.45, 7) is 5.07. The van der Waals surface area contributed by atoms with E-state index < -0.39 is 0 Å². The van der Waals surface area contributed by atoms with Crippen LogP contribution < -0.4 is 15.9 Å². The largest absolute Gasteiger partial charge is 0.325 e. The monoisotopic (exact) mass is 450 g/mol. The van der Waals surface area contributed by atoms with E-state index in [4.69, 9.17) is 11.6 Å². The number of nitrogens with zero attached hydrogens (tertiary/aromatic N) is 3. The molecule has 0 bridgehead atoms. The van der Waals surface area contributed by atoms with Crippen LogP contribution in [0.4, 0.5) is 4.79 Å². The van der Waals surface area contributed by atoms with E-state index >= 15 is 0 Å². The molecule has 0 spiro atoms. The molecular formula is C26H31ClN4O. The molecule has 0 radical (unpaired) electrons. The van der Waals surface area contributed by atoms with Crippen molar-refractivity contribution in [1.29, 1.82) is 0 Å². The number of allylic oxidation sites excluding steroid dienone is 2. The molecule has 1 aromatic carbocycles. The van der Waals surface area contributed by atoms with Crippen LogP contribution in [-0.4, -0.2) is 59.7 Å². The standard InChI is InChI=1S/C26H31ClN4O/c27-21-7-9-22(10-8-21)31-19-24(23-5-3-1-2-4-6-25(23)31)20-11-15-29(16-12-20)26(32)30-17-13-28-14-18-30/h1,3,5-10,19-20,28H,2,4,11-18H2. The van der Waals surface area contributed by atoms with Gasteiger partial charge < -0.3 is 19.7 Å². The van der Waals surface area contributed by atoms with Gasteiger partial charge in [0.05, 0.1) is 0 Å². The van der Waals surface area contributed by atoms with Crippen molar-refractivity contribution in [2.45, 2.75) is 31.6 Å². The lowest BCUT2D eigenvalue weighted by Gasteiger charge is -2.37. The van der Waals surface area contributed by atoms with E-state index in [1.54, 1.807) is 0 Å². The fourth-order valence-electron chi connectivity index (χ4n) is 5.10. The summed E-state index contributed by atoms with van der Waals surface area (Å²) >= 11 is 6.14. The number of carbonyl (C=O) groups is 1. The maximum absolute atomic E-state index is 12.9. The number of carbonyl (C=O) groups excluding carboxylic acids is 1. The Hall–Kier alpha value is -2.50. The van der Waals surface area contributed by atoms with Crippen molar-refractivity contribution in [1.82, 2.24) is 19.7 Å². The molecule has 0 unspecified atom stereocenters. The van der Waals surface area contributed by atoms with Gasteiger partial charge in [0.2, 0.25) is 0 Å². The maximum Gasteiger partial charge on any atom is 0.320 e. The number of nitrogens with one attached hydrogen (secondary N) is 1. The average Bonchev–Trinajstić information content (AvgIpc) is 3.16.